The van der Waals surface area contributed by atoms with E-state index >= 15 is 0 Å². The number of sulfonamides is 1. The second-order valence-electron chi connectivity index (χ2n) is 7.41. The molecule has 2 heterocycles. The predicted octanol–water partition coefficient (Wildman–Crippen LogP) is 1.95. The quantitative estimate of drug-likeness (QED) is 0.574. The molecule has 1 saturated heterocycles. The van der Waals surface area contributed by atoms with Crippen LogP contribution in [0.2, 0.25) is 0 Å². The minimum absolute atomic E-state index is 0.0336. The molecule has 2 aromatic rings. The summed E-state index contributed by atoms with van der Waals surface area (Å²) in [6, 6.07) is 12.4. The highest BCUT2D eigenvalue weighted by atomic mass is 32.2. The number of hydrogen-bond donors (Lipinski definition) is 2. The average Bonchev–Trinajstić information content (AvgIpc) is 3.30. The molecule has 0 aliphatic carbocycles. The number of benzene rings is 1. The Bertz CT molecular complexity index is 1010. The molecule has 0 bridgehead atoms. The highest BCUT2D eigenvalue weighted by Gasteiger charge is 2.32. The molecule has 1 aliphatic rings. The summed E-state index contributed by atoms with van der Waals surface area (Å²) in [5.41, 5.74) is 1.10. The molecule has 0 saturated carbocycles. The van der Waals surface area contributed by atoms with E-state index in [1.807, 2.05) is 30.3 Å². The van der Waals surface area contributed by atoms with Crippen molar-refractivity contribution in [1.29, 1.82) is 0 Å². The molecule has 8 nitrogen and oxygen atoms in total. The summed E-state index contributed by atoms with van der Waals surface area (Å²) in [6.07, 6.45) is 3.14. The lowest BCUT2D eigenvalue weighted by atomic mass is 9.98. The monoisotopic (exact) mass is 445 g/mol. The summed E-state index contributed by atoms with van der Waals surface area (Å²) >= 11 is 0. The van der Waals surface area contributed by atoms with Gasteiger partial charge in [0.15, 0.2) is 5.76 Å². The molecule has 3 rings (SSSR count). The van der Waals surface area contributed by atoms with Gasteiger partial charge in [0, 0.05) is 26.2 Å². The molecule has 9 heteroatoms. The largest absolute Gasteiger partial charge is 0.438 e. The molecule has 1 aromatic heterocycles. The molecule has 1 aromatic carbocycles. The van der Waals surface area contributed by atoms with E-state index in [-0.39, 0.29) is 22.7 Å². The molecular formula is C22H27N3O5S. The molecule has 0 unspecified atom stereocenters. The van der Waals surface area contributed by atoms with Gasteiger partial charge in [-0.15, -0.1) is 0 Å². The third kappa shape index (κ3) is 6.05. The van der Waals surface area contributed by atoms with E-state index in [9.17, 15) is 18.0 Å². The molecule has 1 fully saturated rings. The van der Waals surface area contributed by atoms with Gasteiger partial charge in [-0.1, -0.05) is 36.9 Å². The van der Waals surface area contributed by atoms with Gasteiger partial charge in [0.2, 0.25) is 11.0 Å². The molecule has 2 N–H and O–H groups in total. The molecule has 0 atom stereocenters. The Labute approximate surface area is 182 Å². The highest BCUT2D eigenvalue weighted by Crippen LogP contribution is 2.25. The van der Waals surface area contributed by atoms with Crippen molar-refractivity contribution in [2.75, 3.05) is 26.2 Å². The fraction of sp³-hybridized carbons (Fsp3) is 0.364. The van der Waals surface area contributed by atoms with Crippen LogP contribution in [0.5, 0.6) is 0 Å². The SMILES string of the molecule is C=CC(=O)NCC1CCN(S(=O)(=O)c2ccc(C(=O)NCCc3ccccc3)o2)CC1. The van der Waals surface area contributed by atoms with Crippen LogP contribution in [0.25, 0.3) is 0 Å². The van der Waals surface area contributed by atoms with Crippen molar-refractivity contribution < 1.29 is 22.4 Å². The van der Waals surface area contributed by atoms with Crippen LogP contribution in [-0.4, -0.2) is 50.7 Å². The number of hydrogen-bond acceptors (Lipinski definition) is 5. The second kappa shape index (κ2) is 10.4. The number of amides is 2. The molecule has 166 valence electrons. The summed E-state index contributed by atoms with van der Waals surface area (Å²) in [6.45, 7) is 4.98. The van der Waals surface area contributed by atoms with Gasteiger partial charge in [0.25, 0.3) is 15.9 Å². The zero-order valence-electron chi connectivity index (χ0n) is 17.2. The van der Waals surface area contributed by atoms with Crippen LogP contribution >= 0.6 is 0 Å². The zero-order chi connectivity index (χ0) is 22.3. The van der Waals surface area contributed by atoms with Gasteiger partial charge in [-0.05, 0) is 49.0 Å². The number of rotatable bonds is 9. The van der Waals surface area contributed by atoms with Crippen molar-refractivity contribution in [2.24, 2.45) is 5.92 Å². The van der Waals surface area contributed by atoms with E-state index in [2.05, 4.69) is 17.2 Å². The number of nitrogens with zero attached hydrogens (tertiary/aromatic N) is 1. The maximum absolute atomic E-state index is 12.9. The maximum atomic E-state index is 12.9. The first-order valence-corrected chi connectivity index (χ1v) is 11.7. The molecule has 0 radical (unpaired) electrons. The normalized spacial score (nSPS) is 15.4. The van der Waals surface area contributed by atoms with E-state index < -0.39 is 15.9 Å². The van der Waals surface area contributed by atoms with Crippen molar-refractivity contribution in [3.8, 4) is 0 Å². The van der Waals surface area contributed by atoms with Gasteiger partial charge < -0.3 is 15.1 Å². The van der Waals surface area contributed by atoms with E-state index in [1.54, 1.807) is 0 Å². The Hall–Kier alpha value is -2.91. The first kappa shape index (κ1) is 22.8. The Kier molecular flexibility index (Phi) is 7.64. The van der Waals surface area contributed by atoms with E-state index in [0.717, 1.165) is 5.56 Å². The van der Waals surface area contributed by atoms with Crippen LogP contribution in [0, 0.1) is 5.92 Å². The Balaban J connectivity index is 1.51. The topological polar surface area (TPSA) is 109 Å². The number of carbonyl (C=O) groups is 2. The molecule has 31 heavy (non-hydrogen) atoms. The van der Waals surface area contributed by atoms with E-state index in [4.69, 9.17) is 4.42 Å². The van der Waals surface area contributed by atoms with E-state index in [1.165, 1.54) is 22.5 Å². The molecule has 2 amide bonds. The van der Waals surface area contributed by atoms with Crippen LogP contribution < -0.4 is 10.6 Å². The smallest absolute Gasteiger partial charge is 0.287 e. The second-order valence-corrected chi connectivity index (χ2v) is 9.28. The van der Waals surface area contributed by atoms with Crippen LogP contribution in [0.1, 0.15) is 29.0 Å². The molecular weight excluding hydrogens is 418 g/mol. The van der Waals surface area contributed by atoms with Gasteiger partial charge in [-0.25, -0.2) is 8.42 Å². The first-order chi connectivity index (χ1) is 14.9. The van der Waals surface area contributed by atoms with Crippen LogP contribution in [0.4, 0.5) is 0 Å². The van der Waals surface area contributed by atoms with E-state index in [0.29, 0.717) is 45.4 Å². The fourth-order valence-electron chi connectivity index (χ4n) is 3.43. The number of nitrogens with one attached hydrogen (secondary N) is 2. The molecule has 0 spiro atoms. The predicted molar refractivity (Wildman–Crippen MR) is 116 cm³/mol. The lowest BCUT2D eigenvalue weighted by molar-refractivity contribution is -0.116. The summed E-state index contributed by atoms with van der Waals surface area (Å²) in [5.74, 6) is -0.513. The van der Waals surface area contributed by atoms with Crippen LogP contribution in [-0.2, 0) is 21.2 Å². The minimum Gasteiger partial charge on any atom is -0.438 e. The third-order valence-corrected chi connectivity index (χ3v) is 7.04. The van der Waals surface area contributed by atoms with Gasteiger partial charge in [-0.2, -0.15) is 4.31 Å². The highest BCUT2D eigenvalue weighted by molar-refractivity contribution is 7.89. The Morgan fingerprint density at radius 3 is 2.48 bits per heavy atom. The van der Waals surface area contributed by atoms with Crippen molar-refractivity contribution >= 4 is 21.8 Å². The van der Waals surface area contributed by atoms with Crippen molar-refractivity contribution in [2.45, 2.75) is 24.4 Å². The maximum Gasteiger partial charge on any atom is 0.287 e. The van der Waals surface area contributed by atoms with Crippen LogP contribution in [0.3, 0.4) is 0 Å². The zero-order valence-corrected chi connectivity index (χ0v) is 18.1. The van der Waals surface area contributed by atoms with Crippen molar-refractivity contribution in [1.82, 2.24) is 14.9 Å². The average molecular weight is 446 g/mol. The van der Waals surface area contributed by atoms with Gasteiger partial charge in [0.05, 0.1) is 0 Å². The summed E-state index contributed by atoms with van der Waals surface area (Å²) in [5, 5.41) is 5.25. The van der Waals surface area contributed by atoms with Crippen LogP contribution in [0.15, 0.2) is 64.6 Å². The summed E-state index contributed by atoms with van der Waals surface area (Å²) in [4.78, 5) is 23.6. The summed E-state index contributed by atoms with van der Waals surface area (Å²) in [7, 11) is -3.81. The Morgan fingerprint density at radius 2 is 1.81 bits per heavy atom. The van der Waals surface area contributed by atoms with Crippen molar-refractivity contribution in [3.05, 3.63) is 66.4 Å². The Morgan fingerprint density at radius 1 is 1.10 bits per heavy atom. The van der Waals surface area contributed by atoms with Gasteiger partial charge in [0.1, 0.15) is 0 Å². The minimum atomic E-state index is -3.81. The number of carbonyl (C=O) groups excluding carboxylic acids is 2. The first-order valence-electron chi connectivity index (χ1n) is 10.2. The number of piperidine rings is 1. The van der Waals surface area contributed by atoms with Gasteiger partial charge in [-0.3, -0.25) is 9.59 Å². The van der Waals surface area contributed by atoms with Crippen molar-refractivity contribution in [3.63, 3.8) is 0 Å². The standard InChI is InChI=1S/C22H27N3O5S/c1-2-20(26)24-16-18-11-14-25(15-12-18)31(28,29)21-9-8-19(30-21)22(27)23-13-10-17-6-4-3-5-7-17/h2-9,18H,1,10-16H2,(H,23,27)(H,24,26). The number of furan rings is 1. The lowest BCUT2D eigenvalue weighted by Crippen LogP contribution is -2.41. The fourth-order valence-corrected chi connectivity index (χ4v) is 4.81. The summed E-state index contributed by atoms with van der Waals surface area (Å²) < 4.78 is 32.5. The lowest BCUT2D eigenvalue weighted by Gasteiger charge is -2.30. The third-order valence-electron chi connectivity index (χ3n) is 5.27. The van der Waals surface area contributed by atoms with Gasteiger partial charge >= 0.3 is 0 Å². The molecule has 1 aliphatic heterocycles.